The van der Waals surface area contributed by atoms with Gasteiger partial charge in [-0.3, -0.25) is 46.4 Å². The third kappa shape index (κ3) is 19.2. The largest absolute Gasteiger partial charge is 3.00 e. The number of carbonyl (C=O) groups excluding carboxylic acids is 3. The molecule has 6 N–H and O–H groups in total. The topological polar surface area (TPSA) is 158 Å². The summed E-state index contributed by atoms with van der Waals surface area (Å²) in [5.41, 5.74) is 6.75. The van der Waals surface area contributed by atoms with E-state index in [2.05, 4.69) is 35.8 Å². The monoisotopic (exact) mass is 694 g/mol. The van der Waals surface area contributed by atoms with Crippen LogP contribution in [0.4, 0.5) is 0 Å². The fraction of sp³-hybridized carbons (Fsp3) is 0.300. The van der Waals surface area contributed by atoms with E-state index in [1.54, 1.807) is 71.1 Å². The van der Waals surface area contributed by atoms with E-state index in [1.165, 1.54) is 76.1 Å². The molecule has 1 saturated heterocycles. The smallest absolute Gasteiger partial charge is 0.304 e. The quantitative estimate of drug-likeness (QED) is 0.144. The van der Waals surface area contributed by atoms with E-state index < -0.39 is 0 Å². The van der Waals surface area contributed by atoms with Crippen molar-refractivity contribution < 1.29 is 64.1 Å². The Bertz CT molecular complexity index is 1020. The van der Waals surface area contributed by atoms with Gasteiger partial charge in [0.2, 0.25) is 0 Å². The molecule has 14 heteroatoms. The molecule has 1 heterocycles. The van der Waals surface area contributed by atoms with E-state index >= 15 is 0 Å². The van der Waals surface area contributed by atoms with Crippen molar-refractivity contribution in [2.24, 2.45) is 0 Å². The van der Waals surface area contributed by atoms with Crippen LogP contribution < -0.4 is 16.4 Å². The molecule has 0 spiro atoms. The van der Waals surface area contributed by atoms with Gasteiger partial charge in [0.25, 0.3) is 0 Å². The average molecular weight is 694 g/mol. The molecular weight excluding hydrogens is 652 g/mol. The van der Waals surface area contributed by atoms with Gasteiger partial charge in [-0.2, -0.15) is 0 Å². The van der Waals surface area contributed by atoms with E-state index in [1.807, 2.05) is 0 Å². The first-order valence-electron chi connectivity index (χ1n) is 13.2. The Labute approximate surface area is 280 Å². The SMILES string of the molecule is CN1CCN(C)CCN(C)CC1.O=C1C=CC=CC1=CNO.O=C1C=CC=CC1=CNO.O=C1C=CC=CC1=CNO.[Fe+3].[Fe]. The molecule has 0 aromatic heterocycles. The summed E-state index contributed by atoms with van der Waals surface area (Å²) in [6, 6.07) is 0. The number of nitrogens with zero attached hydrogens (tertiary/aromatic N) is 3. The van der Waals surface area contributed by atoms with Crippen molar-refractivity contribution in [2.75, 3.05) is 60.4 Å². The van der Waals surface area contributed by atoms with E-state index in [9.17, 15) is 14.4 Å². The molecular formula is C30H42Fe2N6O6+3. The van der Waals surface area contributed by atoms with Crippen LogP contribution in [0.1, 0.15) is 0 Å². The van der Waals surface area contributed by atoms with Gasteiger partial charge in [0.15, 0.2) is 17.3 Å². The van der Waals surface area contributed by atoms with Gasteiger partial charge in [0.1, 0.15) is 0 Å². The average Bonchev–Trinajstić information content (AvgIpc) is 3.05. The molecule has 0 atom stereocenters. The summed E-state index contributed by atoms with van der Waals surface area (Å²) in [6.07, 6.45) is 23.0. The predicted octanol–water partition coefficient (Wildman–Crippen LogP) is 1.42. The van der Waals surface area contributed by atoms with Gasteiger partial charge in [-0.25, -0.2) is 0 Å². The number of ketones is 3. The van der Waals surface area contributed by atoms with Crippen LogP contribution in [0.3, 0.4) is 0 Å². The number of hydrogen-bond donors (Lipinski definition) is 6. The maximum Gasteiger partial charge on any atom is 3.00 e. The van der Waals surface area contributed by atoms with Crippen LogP contribution in [0.2, 0.25) is 0 Å². The van der Waals surface area contributed by atoms with E-state index in [4.69, 9.17) is 15.6 Å². The van der Waals surface area contributed by atoms with Crippen LogP contribution in [0.15, 0.2) is 108 Å². The van der Waals surface area contributed by atoms with Crippen LogP contribution in [0.5, 0.6) is 0 Å². The molecule has 4 rings (SSSR count). The van der Waals surface area contributed by atoms with Gasteiger partial charge in [-0.1, -0.05) is 36.5 Å². The Kier molecular flexibility index (Phi) is 25.7. The normalized spacial score (nSPS) is 20.9. The summed E-state index contributed by atoms with van der Waals surface area (Å²) in [5.74, 6) is -0.322. The Balaban J connectivity index is 0. The minimum absolute atomic E-state index is 0. The standard InChI is InChI=1S/C9H21N3.3C7H7NO2.2Fe/c1-10-4-6-11(2)8-9-12(3)7-5-10;3*9-7-4-2-1-3-6(7)5-8-10;;/h4-9H2,1-3H3;3*1-5,8,10H;;/q;;;;;+3. The zero-order chi connectivity index (χ0) is 31.2. The second kappa shape index (κ2) is 26.3. The number of rotatable bonds is 3. The zero-order valence-corrected chi connectivity index (χ0v) is 27.2. The molecule has 4 aliphatic rings. The minimum Gasteiger partial charge on any atom is -0.304 e. The second-order valence-electron chi connectivity index (χ2n) is 9.34. The van der Waals surface area contributed by atoms with Crippen molar-refractivity contribution in [3.63, 3.8) is 0 Å². The van der Waals surface area contributed by atoms with Crippen LogP contribution in [0.25, 0.3) is 0 Å². The number of hydroxylamine groups is 3. The van der Waals surface area contributed by atoms with E-state index in [-0.39, 0.29) is 51.5 Å². The summed E-state index contributed by atoms with van der Waals surface area (Å²) < 4.78 is 0. The Morgan fingerprint density at radius 2 is 0.705 bits per heavy atom. The van der Waals surface area contributed by atoms with Crippen molar-refractivity contribution >= 4 is 17.3 Å². The van der Waals surface area contributed by atoms with Gasteiger partial charge in [-0.05, 0) is 57.6 Å². The Hall–Kier alpha value is -3.13. The maximum atomic E-state index is 10.8. The number of allylic oxidation sites excluding steroid dienone is 15. The van der Waals surface area contributed by atoms with Gasteiger partial charge in [0.05, 0.1) is 0 Å². The number of nitrogens with one attached hydrogen (secondary N) is 3. The Morgan fingerprint density at radius 3 is 0.886 bits per heavy atom. The van der Waals surface area contributed by atoms with Gasteiger partial charge < -0.3 is 14.7 Å². The molecule has 3 aliphatic carbocycles. The molecule has 0 bridgehead atoms. The fourth-order valence-corrected chi connectivity index (χ4v) is 3.37. The first-order chi connectivity index (χ1) is 20.2. The molecule has 1 aliphatic heterocycles. The molecule has 0 aromatic rings. The minimum atomic E-state index is -0.107. The first kappa shape index (κ1) is 43.0. The molecule has 1 radical (unpaired) electrons. The third-order valence-corrected chi connectivity index (χ3v) is 6.01. The summed E-state index contributed by atoms with van der Waals surface area (Å²) in [4.78, 5) is 39.7. The van der Waals surface area contributed by atoms with E-state index in [0.29, 0.717) is 16.7 Å². The molecule has 12 nitrogen and oxygen atoms in total. The molecule has 1 fully saturated rings. The van der Waals surface area contributed by atoms with Crippen molar-refractivity contribution in [2.45, 2.75) is 0 Å². The maximum absolute atomic E-state index is 10.8. The van der Waals surface area contributed by atoms with E-state index in [0.717, 1.165) is 0 Å². The zero-order valence-electron chi connectivity index (χ0n) is 25.0. The van der Waals surface area contributed by atoms with Crippen LogP contribution in [0, 0.1) is 0 Å². The fourth-order valence-electron chi connectivity index (χ4n) is 3.37. The summed E-state index contributed by atoms with van der Waals surface area (Å²) in [5, 5.41) is 24.6. The first-order valence-corrected chi connectivity index (χ1v) is 13.2. The van der Waals surface area contributed by atoms with Crippen molar-refractivity contribution in [1.82, 2.24) is 31.1 Å². The molecule has 0 aromatic carbocycles. The summed E-state index contributed by atoms with van der Waals surface area (Å²) in [6.45, 7) is 7.19. The van der Waals surface area contributed by atoms with Crippen LogP contribution in [-0.4, -0.2) is 108 Å². The van der Waals surface area contributed by atoms with Crippen LogP contribution >= 0.6 is 0 Å². The molecule has 0 unspecified atom stereocenters. The van der Waals surface area contributed by atoms with Gasteiger partial charge >= 0.3 is 17.1 Å². The number of likely N-dealkylation sites (N-methyl/N-ethyl adjacent to an activating group) is 3. The van der Waals surface area contributed by atoms with Crippen molar-refractivity contribution in [3.05, 3.63) is 108 Å². The molecule has 44 heavy (non-hydrogen) atoms. The van der Waals surface area contributed by atoms with Crippen molar-refractivity contribution in [1.29, 1.82) is 0 Å². The summed E-state index contributed by atoms with van der Waals surface area (Å²) >= 11 is 0. The second-order valence-corrected chi connectivity index (χ2v) is 9.34. The molecule has 241 valence electrons. The predicted molar refractivity (Wildman–Crippen MR) is 161 cm³/mol. The number of carbonyl (C=O) groups is 3. The van der Waals surface area contributed by atoms with Crippen molar-refractivity contribution in [3.8, 4) is 0 Å². The van der Waals surface area contributed by atoms with Gasteiger partial charge in [-0.15, -0.1) is 0 Å². The van der Waals surface area contributed by atoms with Gasteiger partial charge in [0, 0.05) is 91.7 Å². The molecule has 0 amide bonds. The van der Waals surface area contributed by atoms with Crippen LogP contribution in [-0.2, 0) is 48.5 Å². The number of hydrogen-bond acceptors (Lipinski definition) is 12. The summed E-state index contributed by atoms with van der Waals surface area (Å²) in [7, 11) is 6.60. The third-order valence-electron chi connectivity index (χ3n) is 6.01. The molecule has 0 saturated carbocycles. The Morgan fingerprint density at radius 1 is 0.500 bits per heavy atom.